The Labute approximate surface area is 192 Å². The van der Waals surface area contributed by atoms with Crippen molar-refractivity contribution in [1.29, 1.82) is 0 Å². The molecular formula is C22H20N6O4S. The zero-order chi connectivity index (χ0) is 23.4. The lowest BCUT2D eigenvalue weighted by Gasteiger charge is -2.09. The highest BCUT2D eigenvalue weighted by Crippen LogP contribution is 2.24. The first-order chi connectivity index (χ1) is 15.9. The summed E-state index contributed by atoms with van der Waals surface area (Å²) in [6.07, 6.45) is 1.55. The Kier molecular flexibility index (Phi) is 6.41. The number of thioether (sulfide) groups is 1. The highest BCUT2D eigenvalue weighted by Gasteiger charge is 2.18. The van der Waals surface area contributed by atoms with Crippen molar-refractivity contribution in [3.8, 4) is 0 Å². The number of rotatable bonds is 6. The van der Waals surface area contributed by atoms with Crippen LogP contribution in [0.15, 0.2) is 64.4 Å². The third kappa shape index (κ3) is 5.04. The van der Waals surface area contributed by atoms with Crippen LogP contribution in [0.5, 0.6) is 0 Å². The van der Waals surface area contributed by atoms with Crippen molar-refractivity contribution >= 4 is 46.1 Å². The van der Waals surface area contributed by atoms with E-state index in [0.717, 1.165) is 5.39 Å². The van der Waals surface area contributed by atoms with Gasteiger partial charge in [-0.3, -0.25) is 25.2 Å². The molecule has 0 unspecified atom stereocenters. The number of nitrogens with one attached hydrogen (secondary N) is 3. The Balaban J connectivity index is 1.34. The van der Waals surface area contributed by atoms with E-state index >= 15 is 0 Å². The summed E-state index contributed by atoms with van der Waals surface area (Å²) in [4.78, 5) is 37.2. The fourth-order valence-corrected chi connectivity index (χ4v) is 3.79. The molecule has 10 nitrogen and oxygen atoms in total. The SMILES string of the molecule is Cc1c(C(=O)NNC(=O)c2cccc(NC(=O)CSc3nncn3C)c2)oc2ccccc12. The van der Waals surface area contributed by atoms with Crippen LogP contribution in [0.1, 0.15) is 26.5 Å². The first-order valence-corrected chi connectivity index (χ1v) is 10.9. The van der Waals surface area contributed by atoms with Crippen LogP contribution in [0.4, 0.5) is 5.69 Å². The van der Waals surface area contributed by atoms with Crippen LogP contribution < -0.4 is 16.2 Å². The number of amides is 3. The van der Waals surface area contributed by atoms with Crippen molar-refractivity contribution in [2.75, 3.05) is 11.1 Å². The van der Waals surface area contributed by atoms with Gasteiger partial charge in [-0.15, -0.1) is 10.2 Å². The van der Waals surface area contributed by atoms with Gasteiger partial charge in [-0.2, -0.15) is 0 Å². The van der Waals surface area contributed by atoms with Crippen LogP contribution in [-0.2, 0) is 11.8 Å². The molecule has 0 spiro atoms. The van der Waals surface area contributed by atoms with Crippen LogP contribution in [-0.4, -0.2) is 38.2 Å². The van der Waals surface area contributed by atoms with E-state index in [9.17, 15) is 14.4 Å². The van der Waals surface area contributed by atoms with Gasteiger partial charge in [0.2, 0.25) is 5.91 Å². The second-order valence-corrected chi connectivity index (χ2v) is 8.05. The van der Waals surface area contributed by atoms with Gasteiger partial charge in [-0.05, 0) is 31.2 Å². The van der Waals surface area contributed by atoms with Gasteiger partial charge in [0.1, 0.15) is 11.9 Å². The summed E-state index contributed by atoms with van der Waals surface area (Å²) in [5.41, 5.74) is 6.71. The predicted molar refractivity (Wildman–Crippen MR) is 123 cm³/mol. The Morgan fingerprint density at radius 3 is 2.61 bits per heavy atom. The zero-order valence-corrected chi connectivity index (χ0v) is 18.6. The summed E-state index contributed by atoms with van der Waals surface area (Å²) >= 11 is 1.24. The maximum absolute atomic E-state index is 12.5. The number of anilines is 1. The smallest absolute Gasteiger partial charge is 0.305 e. The monoisotopic (exact) mass is 464 g/mol. The van der Waals surface area contributed by atoms with Gasteiger partial charge < -0.3 is 14.3 Å². The molecule has 0 saturated carbocycles. The minimum absolute atomic E-state index is 0.123. The summed E-state index contributed by atoms with van der Waals surface area (Å²) in [7, 11) is 1.79. The second-order valence-electron chi connectivity index (χ2n) is 7.10. The molecule has 2 heterocycles. The van der Waals surface area contributed by atoms with E-state index in [1.807, 2.05) is 18.2 Å². The third-order valence-electron chi connectivity index (χ3n) is 4.75. The normalized spacial score (nSPS) is 10.7. The van der Waals surface area contributed by atoms with E-state index in [2.05, 4.69) is 26.4 Å². The van der Waals surface area contributed by atoms with Gasteiger partial charge in [-0.1, -0.05) is 36.0 Å². The van der Waals surface area contributed by atoms with E-state index in [0.29, 0.717) is 22.0 Å². The van der Waals surface area contributed by atoms with E-state index in [1.165, 1.54) is 17.8 Å². The molecule has 0 bridgehead atoms. The molecule has 4 rings (SSSR count). The van der Waals surface area contributed by atoms with Crippen molar-refractivity contribution in [2.24, 2.45) is 7.05 Å². The Morgan fingerprint density at radius 1 is 1.06 bits per heavy atom. The summed E-state index contributed by atoms with van der Waals surface area (Å²) in [6, 6.07) is 13.7. The molecule has 3 amide bonds. The standard InChI is InChI=1S/C22H20N6O4S/c1-13-16-8-3-4-9-17(16)32-19(13)21(31)26-25-20(30)14-6-5-7-15(10-14)24-18(29)11-33-22-27-23-12-28(22)2/h3-10,12H,11H2,1-2H3,(H,24,29)(H,25,30)(H,26,31). The lowest BCUT2D eigenvalue weighted by molar-refractivity contribution is -0.113. The summed E-state index contributed by atoms with van der Waals surface area (Å²) in [6.45, 7) is 1.78. The van der Waals surface area contributed by atoms with Crippen molar-refractivity contribution in [1.82, 2.24) is 25.6 Å². The van der Waals surface area contributed by atoms with Crippen molar-refractivity contribution in [3.05, 3.63) is 71.7 Å². The molecule has 0 atom stereocenters. The highest BCUT2D eigenvalue weighted by atomic mass is 32.2. The number of aromatic nitrogens is 3. The van der Waals surface area contributed by atoms with Crippen molar-refractivity contribution in [2.45, 2.75) is 12.1 Å². The van der Waals surface area contributed by atoms with Gasteiger partial charge >= 0.3 is 5.91 Å². The van der Waals surface area contributed by atoms with Crippen LogP contribution >= 0.6 is 11.8 Å². The molecule has 11 heteroatoms. The maximum Gasteiger partial charge on any atom is 0.305 e. The molecule has 0 radical (unpaired) electrons. The molecule has 0 aliphatic carbocycles. The number of fused-ring (bicyclic) bond motifs is 1. The van der Waals surface area contributed by atoms with Gasteiger partial charge in [0.05, 0.1) is 5.75 Å². The largest absolute Gasteiger partial charge is 0.451 e. The van der Waals surface area contributed by atoms with Gasteiger partial charge in [0, 0.05) is 29.2 Å². The first-order valence-electron chi connectivity index (χ1n) is 9.88. The fraction of sp³-hybridized carbons (Fsp3) is 0.136. The number of para-hydroxylation sites is 1. The number of furan rings is 1. The lowest BCUT2D eigenvalue weighted by Crippen LogP contribution is -2.41. The minimum atomic E-state index is -0.567. The van der Waals surface area contributed by atoms with Crippen LogP contribution in [0.3, 0.4) is 0 Å². The molecule has 0 aliphatic rings. The predicted octanol–water partition coefficient (Wildman–Crippen LogP) is 2.68. The Morgan fingerprint density at radius 2 is 1.85 bits per heavy atom. The van der Waals surface area contributed by atoms with Gasteiger partial charge in [0.15, 0.2) is 10.9 Å². The molecule has 0 aliphatic heterocycles. The molecular weight excluding hydrogens is 444 g/mol. The minimum Gasteiger partial charge on any atom is -0.451 e. The number of hydrogen-bond donors (Lipinski definition) is 3. The summed E-state index contributed by atoms with van der Waals surface area (Å²) < 4.78 is 7.31. The fourth-order valence-electron chi connectivity index (χ4n) is 3.10. The molecule has 3 N–H and O–H groups in total. The highest BCUT2D eigenvalue weighted by molar-refractivity contribution is 7.99. The number of benzene rings is 2. The molecule has 2 aromatic carbocycles. The topological polar surface area (TPSA) is 131 Å². The van der Waals surface area contributed by atoms with Crippen LogP contribution in [0, 0.1) is 6.92 Å². The number of aryl methyl sites for hydroxylation is 2. The quantitative estimate of drug-likeness (QED) is 0.295. The van der Waals surface area contributed by atoms with E-state index in [-0.39, 0.29) is 23.0 Å². The molecule has 0 saturated heterocycles. The molecule has 33 heavy (non-hydrogen) atoms. The second kappa shape index (κ2) is 9.57. The number of nitrogens with zero attached hydrogens (tertiary/aromatic N) is 3. The average Bonchev–Trinajstić information content (AvgIpc) is 3.38. The first kappa shape index (κ1) is 22.1. The number of carbonyl (C=O) groups is 3. The van der Waals surface area contributed by atoms with Crippen LogP contribution in [0.25, 0.3) is 11.0 Å². The Hall–Kier alpha value is -4.12. The number of hydrogen-bond acceptors (Lipinski definition) is 7. The third-order valence-corrected chi connectivity index (χ3v) is 5.78. The Bertz CT molecular complexity index is 1350. The molecule has 4 aromatic rings. The van der Waals surface area contributed by atoms with Gasteiger partial charge in [-0.25, -0.2) is 0 Å². The maximum atomic E-state index is 12.5. The van der Waals surface area contributed by atoms with E-state index in [4.69, 9.17) is 4.42 Å². The van der Waals surface area contributed by atoms with Crippen molar-refractivity contribution < 1.29 is 18.8 Å². The van der Waals surface area contributed by atoms with E-state index in [1.54, 1.807) is 49.1 Å². The molecule has 168 valence electrons. The lowest BCUT2D eigenvalue weighted by atomic mass is 10.1. The average molecular weight is 465 g/mol. The van der Waals surface area contributed by atoms with Gasteiger partial charge in [0.25, 0.3) is 5.91 Å². The summed E-state index contributed by atoms with van der Waals surface area (Å²) in [5, 5.41) is 11.8. The van der Waals surface area contributed by atoms with E-state index < -0.39 is 11.8 Å². The molecule has 2 aromatic heterocycles. The van der Waals surface area contributed by atoms with Crippen molar-refractivity contribution in [3.63, 3.8) is 0 Å². The van der Waals surface area contributed by atoms with Crippen LogP contribution in [0.2, 0.25) is 0 Å². The number of carbonyl (C=O) groups excluding carboxylic acids is 3. The molecule has 0 fully saturated rings. The summed E-state index contributed by atoms with van der Waals surface area (Å²) in [5.74, 6) is -1.10. The zero-order valence-electron chi connectivity index (χ0n) is 17.8. The number of hydrazine groups is 1.